The van der Waals surface area contributed by atoms with Gasteiger partial charge in [0.2, 0.25) is 0 Å². The first-order chi connectivity index (χ1) is 5.70. The number of rotatable bonds is 3. The molecular weight excluding hydrogens is 150 g/mol. The van der Waals surface area contributed by atoms with E-state index >= 15 is 0 Å². The highest BCUT2D eigenvalue weighted by molar-refractivity contribution is 4.84. The molecule has 0 aliphatic carbocycles. The Bertz CT molecular complexity index is 134. The molecule has 1 aliphatic heterocycles. The molecule has 72 valence electrons. The highest BCUT2D eigenvalue weighted by Crippen LogP contribution is 2.22. The lowest BCUT2D eigenvalue weighted by Crippen LogP contribution is -2.51. The van der Waals surface area contributed by atoms with Gasteiger partial charge in [0.25, 0.3) is 0 Å². The van der Waals surface area contributed by atoms with Gasteiger partial charge in [0.05, 0.1) is 11.7 Å². The molecule has 2 nitrogen and oxygen atoms in total. The molecule has 2 atom stereocenters. The van der Waals surface area contributed by atoms with E-state index in [0.717, 1.165) is 25.9 Å². The monoisotopic (exact) mass is 171 g/mol. The van der Waals surface area contributed by atoms with Crippen LogP contribution in [0.15, 0.2) is 0 Å². The van der Waals surface area contributed by atoms with Crippen LogP contribution in [-0.4, -0.2) is 24.8 Å². The van der Waals surface area contributed by atoms with E-state index in [1.807, 2.05) is 0 Å². The van der Waals surface area contributed by atoms with Crippen molar-refractivity contribution in [1.82, 2.24) is 5.32 Å². The fourth-order valence-corrected chi connectivity index (χ4v) is 1.89. The number of morpholine rings is 1. The predicted molar refractivity (Wildman–Crippen MR) is 51.3 cm³/mol. The van der Waals surface area contributed by atoms with Crippen LogP contribution in [0.2, 0.25) is 0 Å². The second-order valence-electron chi connectivity index (χ2n) is 3.98. The number of ether oxygens (including phenoxy) is 1. The molecule has 1 heterocycles. The summed E-state index contributed by atoms with van der Waals surface area (Å²) in [5.74, 6) is 0. The molecule has 0 saturated carbocycles. The molecule has 1 N–H and O–H groups in total. The third-order valence-corrected chi connectivity index (χ3v) is 2.56. The molecule has 0 amide bonds. The van der Waals surface area contributed by atoms with Gasteiger partial charge in [0, 0.05) is 13.1 Å². The van der Waals surface area contributed by atoms with Gasteiger partial charge in [-0.05, 0) is 19.8 Å². The number of nitrogens with one attached hydrogen (secondary N) is 1. The van der Waals surface area contributed by atoms with Gasteiger partial charge in [0.1, 0.15) is 0 Å². The van der Waals surface area contributed by atoms with E-state index in [1.165, 1.54) is 6.42 Å². The summed E-state index contributed by atoms with van der Waals surface area (Å²) in [4.78, 5) is 0. The van der Waals surface area contributed by atoms with Crippen molar-refractivity contribution in [2.24, 2.45) is 0 Å². The summed E-state index contributed by atoms with van der Waals surface area (Å²) in [7, 11) is 0. The van der Waals surface area contributed by atoms with E-state index in [9.17, 15) is 0 Å². The zero-order valence-electron chi connectivity index (χ0n) is 8.52. The van der Waals surface area contributed by atoms with Crippen LogP contribution in [-0.2, 0) is 4.74 Å². The molecule has 0 aromatic rings. The summed E-state index contributed by atoms with van der Waals surface area (Å²) in [5.41, 5.74) is 0.0909. The first-order valence-corrected chi connectivity index (χ1v) is 5.08. The van der Waals surface area contributed by atoms with E-state index in [-0.39, 0.29) is 5.60 Å². The summed E-state index contributed by atoms with van der Waals surface area (Å²) in [6.45, 7) is 8.65. The van der Waals surface area contributed by atoms with E-state index in [1.54, 1.807) is 0 Å². The molecule has 1 fully saturated rings. The van der Waals surface area contributed by atoms with Crippen LogP contribution in [0.5, 0.6) is 0 Å². The largest absolute Gasteiger partial charge is 0.369 e. The Balaban J connectivity index is 2.43. The lowest BCUT2D eigenvalue weighted by molar-refractivity contribution is -0.110. The predicted octanol–water partition coefficient (Wildman–Crippen LogP) is 1.94. The third kappa shape index (κ3) is 2.46. The zero-order valence-corrected chi connectivity index (χ0v) is 8.52. The second kappa shape index (κ2) is 4.24. The SMILES string of the molecule is CCCC1(C)CNCC(CC)O1. The summed E-state index contributed by atoms with van der Waals surface area (Å²) in [5, 5.41) is 3.44. The normalized spacial score (nSPS) is 36.8. The van der Waals surface area contributed by atoms with Crippen molar-refractivity contribution in [3.8, 4) is 0 Å². The molecule has 2 unspecified atom stereocenters. The number of hydrogen-bond acceptors (Lipinski definition) is 2. The van der Waals surface area contributed by atoms with Gasteiger partial charge < -0.3 is 10.1 Å². The first kappa shape index (κ1) is 10.0. The highest BCUT2D eigenvalue weighted by Gasteiger charge is 2.30. The van der Waals surface area contributed by atoms with E-state index in [0.29, 0.717) is 6.10 Å². The fourth-order valence-electron chi connectivity index (χ4n) is 1.89. The Hall–Kier alpha value is -0.0800. The van der Waals surface area contributed by atoms with Gasteiger partial charge in [-0.15, -0.1) is 0 Å². The molecule has 2 heteroatoms. The molecular formula is C10H21NO. The maximum atomic E-state index is 6.00. The van der Waals surface area contributed by atoms with Crippen molar-refractivity contribution < 1.29 is 4.74 Å². The Kier molecular flexibility index (Phi) is 3.53. The molecule has 0 aromatic carbocycles. The van der Waals surface area contributed by atoms with Crippen LogP contribution in [0.25, 0.3) is 0 Å². The Morgan fingerprint density at radius 1 is 1.50 bits per heavy atom. The molecule has 0 spiro atoms. The van der Waals surface area contributed by atoms with Gasteiger partial charge >= 0.3 is 0 Å². The minimum Gasteiger partial charge on any atom is -0.369 e. The van der Waals surface area contributed by atoms with Crippen molar-refractivity contribution >= 4 is 0 Å². The lowest BCUT2D eigenvalue weighted by atomic mass is 9.97. The van der Waals surface area contributed by atoms with Crippen LogP contribution in [0.1, 0.15) is 40.0 Å². The van der Waals surface area contributed by atoms with Crippen LogP contribution in [0.3, 0.4) is 0 Å². The van der Waals surface area contributed by atoms with Gasteiger partial charge in [-0.25, -0.2) is 0 Å². The minimum atomic E-state index is 0.0909. The highest BCUT2D eigenvalue weighted by atomic mass is 16.5. The molecule has 0 radical (unpaired) electrons. The van der Waals surface area contributed by atoms with E-state index in [4.69, 9.17) is 4.74 Å². The lowest BCUT2D eigenvalue weighted by Gasteiger charge is -2.39. The van der Waals surface area contributed by atoms with Crippen LogP contribution in [0, 0.1) is 0 Å². The Morgan fingerprint density at radius 2 is 2.25 bits per heavy atom. The molecule has 1 rings (SSSR count). The van der Waals surface area contributed by atoms with Gasteiger partial charge in [-0.2, -0.15) is 0 Å². The Morgan fingerprint density at radius 3 is 2.83 bits per heavy atom. The van der Waals surface area contributed by atoms with Crippen molar-refractivity contribution in [2.45, 2.75) is 51.7 Å². The molecule has 0 bridgehead atoms. The van der Waals surface area contributed by atoms with Crippen molar-refractivity contribution in [3.05, 3.63) is 0 Å². The van der Waals surface area contributed by atoms with Gasteiger partial charge in [-0.1, -0.05) is 20.3 Å². The van der Waals surface area contributed by atoms with Crippen molar-refractivity contribution in [3.63, 3.8) is 0 Å². The third-order valence-electron chi connectivity index (χ3n) is 2.56. The molecule has 1 saturated heterocycles. The molecule has 1 aliphatic rings. The van der Waals surface area contributed by atoms with Crippen LogP contribution in [0.4, 0.5) is 0 Å². The molecule has 12 heavy (non-hydrogen) atoms. The topological polar surface area (TPSA) is 21.3 Å². The zero-order chi connectivity index (χ0) is 9.03. The minimum absolute atomic E-state index is 0.0909. The van der Waals surface area contributed by atoms with Crippen LogP contribution < -0.4 is 5.32 Å². The first-order valence-electron chi connectivity index (χ1n) is 5.08. The second-order valence-corrected chi connectivity index (χ2v) is 3.98. The maximum absolute atomic E-state index is 6.00. The quantitative estimate of drug-likeness (QED) is 0.700. The van der Waals surface area contributed by atoms with Gasteiger partial charge in [-0.3, -0.25) is 0 Å². The molecule has 0 aromatic heterocycles. The number of hydrogen-bond donors (Lipinski definition) is 1. The standard InChI is InChI=1S/C10H21NO/c1-4-6-10(3)8-11-7-9(5-2)12-10/h9,11H,4-8H2,1-3H3. The van der Waals surface area contributed by atoms with E-state index in [2.05, 4.69) is 26.1 Å². The average Bonchev–Trinajstić information content (AvgIpc) is 2.04. The Labute approximate surface area is 75.7 Å². The van der Waals surface area contributed by atoms with Crippen LogP contribution >= 0.6 is 0 Å². The van der Waals surface area contributed by atoms with Crippen molar-refractivity contribution in [1.29, 1.82) is 0 Å². The summed E-state index contributed by atoms with van der Waals surface area (Å²) >= 11 is 0. The van der Waals surface area contributed by atoms with E-state index < -0.39 is 0 Å². The fraction of sp³-hybridized carbons (Fsp3) is 1.00. The van der Waals surface area contributed by atoms with Crippen molar-refractivity contribution in [2.75, 3.05) is 13.1 Å². The smallest absolute Gasteiger partial charge is 0.0782 e. The summed E-state index contributed by atoms with van der Waals surface area (Å²) < 4.78 is 6.00. The average molecular weight is 171 g/mol. The maximum Gasteiger partial charge on any atom is 0.0782 e. The summed E-state index contributed by atoms with van der Waals surface area (Å²) in [6.07, 6.45) is 3.91. The van der Waals surface area contributed by atoms with Gasteiger partial charge in [0.15, 0.2) is 0 Å². The summed E-state index contributed by atoms with van der Waals surface area (Å²) in [6, 6.07) is 0.